The number of nitrogens with zero attached hydrogens (tertiary/aromatic N) is 1. The molecular formula is C23H30N2O5S2. The third kappa shape index (κ3) is 5.05. The standard InChI is InChI=1S/C23H30N2O5S2/c1-6-30-23(27)20-16(4)17(5)31-22(20)24-21(26)18-7-9-19(10-8-18)32(28,29)25-12-14(2)11-15(3)13-25/h7-10,14-15H,6,11-13H2,1-5H3,(H,24,26)/t14-,15-/m1/s1. The molecule has 0 saturated carbocycles. The lowest BCUT2D eigenvalue weighted by molar-refractivity contribution is 0.0527. The average Bonchev–Trinajstić information content (AvgIpc) is 3.00. The number of hydrogen-bond donors (Lipinski definition) is 1. The van der Waals surface area contributed by atoms with E-state index in [0.717, 1.165) is 16.9 Å². The molecule has 174 valence electrons. The number of ether oxygens (including phenoxy) is 1. The number of aryl methyl sites for hydroxylation is 1. The third-order valence-corrected chi connectivity index (χ3v) is 8.65. The summed E-state index contributed by atoms with van der Waals surface area (Å²) in [6.07, 6.45) is 1.01. The highest BCUT2D eigenvalue weighted by Gasteiger charge is 2.31. The molecule has 9 heteroatoms. The zero-order valence-corrected chi connectivity index (χ0v) is 20.7. The predicted octanol–water partition coefficient (Wildman–Crippen LogP) is 4.46. The number of nitrogens with one attached hydrogen (secondary N) is 1. The number of esters is 1. The number of sulfonamides is 1. The van der Waals surface area contributed by atoms with Crippen molar-refractivity contribution in [3.63, 3.8) is 0 Å². The van der Waals surface area contributed by atoms with E-state index in [2.05, 4.69) is 19.2 Å². The fourth-order valence-electron chi connectivity index (χ4n) is 4.07. The molecule has 2 atom stereocenters. The molecule has 1 aliphatic heterocycles. The van der Waals surface area contributed by atoms with Crippen LogP contribution in [0.4, 0.5) is 5.00 Å². The lowest BCUT2D eigenvalue weighted by Crippen LogP contribution is -2.42. The van der Waals surface area contributed by atoms with Gasteiger partial charge in [0.2, 0.25) is 10.0 Å². The molecule has 7 nitrogen and oxygen atoms in total. The topological polar surface area (TPSA) is 92.8 Å². The highest BCUT2D eigenvalue weighted by molar-refractivity contribution is 7.89. The van der Waals surface area contributed by atoms with Crippen molar-refractivity contribution in [1.29, 1.82) is 0 Å². The molecule has 2 heterocycles. The van der Waals surface area contributed by atoms with Crippen LogP contribution >= 0.6 is 11.3 Å². The Kier molecular flexibility index (Phi) is 7.42. The molecule has 0 aliphatic carbocycles. The molecule has 0 radical (unpaired) electrons. The number of carbonyl (C=O) groups excluding carboxylic acids is 2. The van der Waals surface area contributed by atoms with E-state index in [1.54, 1.807) is 6.92 Å². The summed E-state index contributed by atoms with van der Waals surface area (Å²) < 4.78 is 32.7. The van der Waals surface area contributed by atoms with Gasteiger partial charge in [0, 0.05) is 23.5 Å². The average molecular weight is 479 g/mol. The summed E-state index contributed by atoms with van der Waals surface area (Å²) in [5.74, 6) is -0.271. The van der Waals surface area contributed by atoms with Crippen molar-refractivity contribution in [1.82, 2.24) is 4.31 Å². The zero-order valence-electron chi connectivity index (χ0n) is 19.1. The van der Waals surface area contributed by atoms with Crippen LogP contribution in [0.5, 0.6) is 0 Å². The predicted molar refractivity (Wildman–Crippen MR) is 126 cm³/mol. The molecule has 1 fully saturated rings. The first kappa shape index (κ1) is 24.4. The van der Waals surface area contributed by atoms with Crippen LogP contribution in [0.2, 0.25) is 0 Å². The van der Waals surface area contributed by atoms with Gasteiger partial charge in [-0.05, 0) is 68.9 Å². The summed E-state index contributed by atoms with van der Waals surface area (Å²) in [7, 11) is -3.61. The van der Waals surface area contributed by atoms with E-state index in [4.69, 9.17) is 4.74 Å². The second kappa shape index (κ2) is 9.72. The van der Waals surface area contributed by atoms with Crippen LogP contribution in [0.3, 0.4) is 0 Å². The Morgan fingerprint density at radius 3 is 2.28 bits per heavy atom. The lowest BCUT2D eigenvalue weighted by atomic mass is 9.94. The molecule has 1 amide bonds. The summed E-state index contributed by atoms with van der Waals surface area (Å²) >= 11 is 1.31. The highest BCUT2D eigenvalue weighted by Crippen LogP contribution is 2.33. The molecule has 1 aromatic carbocycles. The van der Waals surface area contributed by atoms with Crippen molar-refractivity contribution in [3.8, 4) is 0 Å². The highest BCUT2D eigenvalue weighted by atomic mass is 32.2. The SMILES string of the molecule is CCOC(=O)c1c(NC(=O)c2ccc(S(=O)(=O)N3C[C@H](C)C[C@@H](C)C3)cc2)sc(C)c1C. The minimum atomic E-state index is -3.61. The first-order valence-electron chi connectivity index (χ1n) is 10.7. The number of carbonyl (C=O) groups is 2. The van der Waals surface area contributed by atoms with Crippen LogP contribution in [-0.4, -0.2) is 44.3 Å². The molecule has 1 N–H and O–H groups in total. The van der Waals surface area contributed by atoms with Crippen molar-refractivity contribution in [2.75, 3.05) is 25.0 Å². The second-order valence-electron chi connectivity index (χ2n) is 8.45. The van der Waals surface area contributed by atoms with E-state index in [0.29, 0.717) is 41.1 Å². The Hall–Kier alpha value is -2.23. The monoisotopic (exact) mass is 478 g/mol. The van der Waals surface area contributed by atoms with Gasteiger partial charge in [-0.15, -0.1) is 11.3 Å². The van der Waals surface area contributed by atoms with Gasteiger partial charge in [-0.1, -0.05) is 13.8 Å². The van der Waals surface area contributed by atoms with Crippen LogP contribution in [-0.2, 0) is 14.8 Å². The van der Waals surface area contributed by atoms with Crippen molar-refractivity contribution < 1.29 is 22.7 Å². The molecule has 2 aromatic rings. The number of rotatable bonds is 6. The fraction of sp³-hybridized carbons (Fsp3) is 0.478. The Morgan fingerprint density at radius 1 is 1.12 bits per heavy atom. The van der Waals surface area contributed by atoms with Crippen LogP contribution in [0.1, 0.15) is 58.3 Å². The largest absolute Gasteiger partial charge is 0.462 e. The van der Waals surface area contributed by atoms with Gasteiger partial charge >= 0.3 is 5.97 Å². The molecule has 1 aliphatic rings. The molecule has 0 bridgehead atoms. The second-order valence-corrected chi connectivity index (χ2v) is 11.6. The number of thiophene rings is 1. The van der Waals surface area contributed by atoms with Crippen LogP contribution < -0.4 is 5.32 Å². The van der Waals surface area contributed by atoms with Gasteiger partial charge in [0.05, 0.1) is 17.1 Å². The number of piperidine rings is 1. The van der Waals surface area contributed by atoms with E-state index < -0.39 is 21.9 Å². The van der Waals surface area contributed by atoms with Crippen molar-refractivity contribution in [2.24, 2.45) is 11.8 Å². The normalized spacial score (nSPS) is 19.5. The first-order valence-corrected chi connectivity index (χ1v) is 13.0. The summed E-state index contributed by atoms with van der Waals surface area (Å²) in [5.41, 5.74) is 1.44. The van der Waals surface area contributed by atoms with Gasteiger partial charge in [-0.2, -0.15) is 4.31 Å². The van der Waals surface area contributed by atoms with Gasteiger partial charge in [0.1, 0.15) is 5.00 Å². The van der Waals surface area contributed by atoms with E-state index in [1.807, 2.05) is 13.8 Å². The van der Waals surface area contributed by atoms with E-state index in [1.165, 1.54) is 39.9 Å². The number of benzene rings is 1. The van der Waals surface area contributed by atoms with Gasteiger partial charge in [0.25, 0.3) is 5.91 Å². The van der Waals surface area contributed by atoms with Gasteiger partial charge in [-0.25, -0.2) is 13.2 Å². The number of hydrogen-bond acceptors (Lipinski definition) is 6. The minimum absolute atomic E-state index is 0.172. The van der Waals surface area contributed by atoms with Gasteiger partial charge < -0.3 is 10.1 Å². The number of amides is 1. The lowest BCUT2D eigenvalue weighted by Gasteiger charge is -2.34. The molecule has 32 heavy (non-hydrogen) atoms. The molecule has 1 aromatic heterocycles. The summed E-state index contributed by atoms with van der Waals surface area (Å²) in [4.78, 5) is 26.2. The molecule has 0 unspecified atom stereocenters. The van der Waals surface area contributed by atoms with Crippen LogP contribution in [0, 0.1) is 25.7 Å². The maximum atomic E-state index is 13.0. The fourth-order valence-corrected chi connectivity index (χ4v) is 6.79. The van der Waals surface area contributed by atoms with Crippen LogP contribution in [0.25, 0.3) is 0 Å². The maximum absolute atomic E-state index is 13.0. The molecule has 3 rings (SSSR count). The van der Waals surface area contributed by atoms with Gasteiger partial charge in [0.15, 0.2) is 0 Å². The summed E-state index contributed by atoms with van der Waals surface area (Å²) in [6.45, 7) is 10.8. The molecular weight excluding hydrogens is 448 g/mol. The summed E-state index contributed by atoms with van der Waals surface area (Å²) in [6, 6.07) is 5.92. The van der Waals surface area contributed by atoms with Gasteiger partial charge in [-0.3, -0.25) is 4.79 Å². The first-order chi connectivity index (χ1) is 15.0. The Bertz CT molecular complexity index is 1100. The Morgan fingerprint density at radius 2 is 1.72 bits per heavy atom. The minimum Gasteiger partial charge on any atom is -0.462 e. The molecule has 1 saturated heterocycles. The van der Waals surface area contributed by atoms with Crippen molar-refractivity contribution in [3.05, 3.63) is 45.8 Å². The smallest absolute Gasteiger partial charge is 0.341 e. The van der Waals surface area contributed by atoms with E-state index in [9.17, 15) is 18.0 Å². The quantitative estimate of drug-likeness (QED) is 0.619. The number of anilines is 1. The van der Waals surface area contributed by atoms with E-state index >= 15 is 0 Å². The summed E-state index contributed by atoms with van der Waals surface area (Å²) in [5, 5.41) is 3.21. The zero-order chi connectivity index (χ0) is 23.6. The Balaban J connectivity index is 1.79. The molecule has 0 spiro atoms. The maximum Gasteiger partial charge on any atom is 0.341 e. The van der Waals surface area contributed by atoms with E-state index in [-0.39, 0.29) is 11.5 Å². The van der Waals surface area contributed by atoms with Crippen LogP contribution in [0.15, 0.2) is 29.2 Å². The van der Waals surface area contributed by atoms with Crippen molar-refractivity contribution in [2.45, 2.75) is 45.9 Å². The Labute approximate surface area is 193 Å². The van der Waals surface area contributed by atoms with Crippen molar-refractivity contribution >= 4 is 38.2 Å². The third-order valence-electron chi connectivity index (χ3n) is 5.68.